The van der Waals surface area contributed by atoms with Gasteiger partial charge in [-0.25, -0.2) is 0 Å². The van der Waals surface area contributed by atoms with Gasteiger partial charge in [-0.15, -0.1) is 0 Å². The maximum atomic E-state index is 13.3. The molecular formula is C46H56N10O10. The van der Waals surface area contributed by atoms with Crippen molar-refractivity contribution in [3.8, 4) is 0 Å². The van der Waals surface area contributed by atoms with Gasteiger partial charge in [-0.05, 0) is 73.9 Å². The SMILES string of the molecule is Cc1ccc(NC(=O)C2CCCN2C(=O)C(CC(N)=O)NC(=O)C2CCC(=O)N2)cc1.NC(=O)CC(NC(=O)C1CCC(=O)N1)C(=O)N1CCCC1C(=O)NCc1cccc2ccccc12. The van der Waals surface area contributed by atoms with Crippen LogP contribution in [0.25, 0.3) is 10.8 Å². The largest absolute Gasteiger partial charge is 0.370 e. The zero-order chi connectivity index (χ0) is 47.5. The highest BCUT2D eigenvalue weighted by Crippen LogP contribution is 2.24. The fourth-order valence-corrected chi connectivity index (χ4v) is 8.58. The summed E-state index contributed by atoms with van der Waals surface area (Å²) in [7, 11) is 0. The van der Waals surface area contributed by atoms with Crippen molar-refractivity contribution in [3.05, 3.63) is 77.9 Å². The number of fused-ring (bicyclic) bond motifs is 1. The van der Waals surface area contributed by atoms with Crippen LogP contribution in [0.4, 0.5) is 5.69 Å². The van der Waals surface area contributed by atoms with E-state index in [4.69, 9.17) is 11.5 Å². The lowest BCUT2D eigenvalue weighted by Gasteiger charge is -2.29. The number of amides is 10. The second kappa shape index (κ2) is 22.0. The van der Waals surface area contributed by atoms with Crippen LogP contribution in [-0.4, -0.2) is 118 Å². The summed E-state index contributed by atoms with van der Waals surface area (Å²) >= 11 is 0. The van der Waals surface area contributed by atoms with E-state index >= 15 is 0 Å². The van der Waals surface area contributed by atoms with E-state index in [9.17, 15) is 47.9 Å². The first-order valence-electron chi connectivity index (χ1n) is 22.1. The fraction of sp³-hybridized carbons (Fsp3) is 0.435. The van der Waals surface area contributed by atoms with Gasteiger partial charge in [0.05, 0.1) is 12.8 Å². The monoisotopic (exact) mass is 908 g/mol. The number of hydrogen-bond donors (Lipinski definition) is 8. The molecule has 20 nitrogen and oxygen atoms in total. The Hall–Kier alpha value is -7.38. The van der Waals surface area contributed by atoms with E-state index in [0.717, 1.165) is 21.9 Å². The average Bonchev–Trinajstić information content (AvgIpc) is 4.14. The summed E-state index contributed by atoms with van der Waals surface area (Å²) in [5.41, 5.74) is 13.2. The Kier molecular flexibility index (Phi) is 16.0. The highest BCUT2D eigenvalue weighted by Gasteiger charge is 2.41. The first-order valence-corrected chi connectivity index (χ1v) is 22.1. The zero-order valence-corrected chi connectivity index (χ0v) is 36.6. The Bertz CT molecular complexity index is 2370. The molecule has 4 aliphatic rings. The van der Waals surface area contributed by atoms with E-state index in [0.29, 0.717) is 63.8 Å². The van der Waals surface area contributed by atoms with Crippen LogP contribution in [0.15, 0.2) is 66.7 Å². The average molecular weight is 909 g/mol. The van der Waals surface area contributed by atoms with Gasteiger partial charge < -0.3 is 53.2 Å². The normalized spacial score (nSPS) is 20.8. The predicted molar refractivity (Wildman–Crippen MR) is 239 cm³/mol. The number of rotatable bonds is 15. The summed E-state index contributed by atoms with van der Waals surface area (Å²) < 4.78 is 0. The first-order chi connectivity index (χ1) is 31.6. The minimum Gasteiger partial charge on any atom is -0.370 e. The lowest BCUT2D eigenvalue weighted by atomic mass is 10.0. The lowest BCUT2D eigenvalue weighted by molar-refractivity contribution is -0.142. The molecular weight excluding hydrogens is 853 g/mol. The molecule has 0 radical (unpaired) electrons. The molecule has 4 aliphatic heterocycles. The van der Waals surface area contributed by atoms with E-state index in [-0.39, 0.29) is 36.5 Å². The summed E-state index contributed by atoms with van der Waals surface area (Å²) in [5, 5.41) is 18.0. The molecule has 3 aromatic rings. The number of benzene rings is 3. The Labute approximate surface area is 380 Å². The second-order valence-electron chi connectivity index (χ2n) is 16.9. The van der Waals surface area contributed by atoms with Crippen LogP contribution < -0.4 is 43.4 Å². The van der Waals surface area contributed by atoms with E-state index in [1.807, 2.05) is 61.5 Å². The van der Waals surface area contributed by atoms with Gasteiger partial charge in [0.15, 0.2) is 0 Å². The van der Waals surface area contributed by atoms with Crippen molar-refractivity contribution >= 4 is 75.5 Å². The van der Waals surface area contributed by atoms with Crippen LogP contribution >= 0.6 is 0 Å². The third kappa shape index (κ3) is 12.4. The number of nitrogens with two attached hydrogens (primary N) is 2. The number of anilines is 1. The number of carbonyl (C=O) groups is 10. The molecule has 6 atom stereocenters. The van der Waals surface area contributed by atoms with Gasteiger partial charge >= 0.3 is 0 Å². The van der Waals surface area contributed by atoms with E-state index < -0.39 is 84.5 Å². The Morgan fingerprint density at radius 3 is 1.64 bits per heavy atom. The molecule has 0 aromatic heterocycles. The molecule has 7 rings (SSSR count). The third-order valence-electron chi connectivity index (χ3n) is 12.0. The summed E-state index contributed by atoms with van der Waals surface area (Å²) in [4.78, 5) is 126. The van der Waals surface area contributed by atoms with Crippen molar-refractivity contribution in [1.29, 1.82) is 0 Å². The van der Waals surface area contributed by atoms with Crippen molar-refractivity contribution < 1.29 is 47.9 Å². The van der Waals surface area contributed by atoms with Gasteiger partial charge in [0.1, 0.15) is 36.3 Å². The number of primary amides is 2. The molecule has 3 aromatic carbocycles. The summed E-state index contributed by atoms with van der Waals surface area (Å²) in [5.74, 6) is -4.81. The van der Waals surface area contributed by atoms with Crippen molar-refractivity contribution in [2.45, 2.75) is 114 Å². The van der Waals surface area contributed by atoms with Gasteiger partial charge in [0.2, 0.25) is 59.1 Å². The number of aryl methyl sites for hydroxylation is 1. The van der Waals surface area contributed by atoms with Crippen LogP contribution in [0, 0.1) is 6.92 Å². The maximum absolute atomic E-state index is 13.3. The van der Waals surface area contributed by atoms with Crippen molar-refractivity contribution in [2.75, 3.05) is 18.4 Å². The predicted octanol–water partition coefficient (Wildman–Crippen LogP) is -0.351. The van der Waals surface area contributed by atoms with Crippen molar-refractivity contribution in [3.63, 3.8) is 0 Å². The molecule has 350 valence electrons. The Balaban J connectivity index is 0.000000220. The molecule has 0 bridgehead atoms. The zero-order valence-electron chi connectivity index (χ0n) is 36.6. The standard InChI is InChI=1S/C25H29N5O5.C21H27N5O5/c26-21(31)13-19(29-23(33)18-10-11-22(32)28-18)25(35)30-12-4-9-20(30)24(34)27-14-16-7-3-6-15-5-1-2-8-17(15)16;1-12-4-6-13(7-5-12)23-20(30)16-3-2-10-26(16)21(31)15(11-17(22)27)25-19(29)14-8-9-18(28)24-14/h1-3,5-8,18-20H,4,9-14H2,(H2,26,31)(H,27,34)(H,28,32)(H,29,33);4-7,14-16H,2-3,8-11H2,1H3,(H2,22,27)(H,23,30)(H,24,28)(H,25,29). The molecule has 4 heterocycles. The van der Waals surface area contributed by atoms with E-state index in [1.165, 1.54) is 9.80 Å². The first kappa shape index (κ1) is 48.1. The number of carbonyl (C=O) groups excluding carboxylic acids is 10. The van der Waals surface area contributed by atoms with Gasteiger partial charge in [0, 0.05) is 38.2 Å². The number of hydrogen-bond acceptors (Lipinski definition) is 10. The Morgan fingerprint density at radius 1 is 0.636 bits per heavy atom. The van der Waals surface area contributed by atoms with Crippen LogP contribution in [0.1, 0.15) is 75.3 Å². The van der Waals surface area contributed by atoms with Gasteiger partial charge in [-0.3, -0.25) is 47.9 Å². The molecule has 0 aliphatic carbocycles. The molecule has 6 unspecified atom stereocenters. The second-order valence-corrected chi connectivity index (χ2v) is 16.9. The van der Waals surface area contributed by atoms with Gasteiger partial charge in [0.25, 0.3) is 0 Å². The minimum absolute atomic E-state index is 0.220. The fourth-order valence-electron chi connectivity index (χ4n) is 8.58. The maximum Gasteiger partial charge on any atom is 0.247 e. The molecule has 10 N–H and O–H groups in total. The van der Waals surface area contributed by atoms with Crippen LogP contribution in [-0.2, 0) is 54.5 Å². The summed E-state index contributed by atoms with van der Waals surface area (Å²) in [6.07, 6.45) is 2.46. The third-order valence-corrected chi connectivity index (χ3v) is 12.0. The summed E-state index contributed by atoms with van der Waals surface area (Å²) in [6.45, 7) is 2.90. The van der Waals surface area contributed by atoms with E-state index in [2.05, 4.69) is 31.9 Å². The van der Waals surface area contributed by atoms with Crippen LogP contribution in [0.3, 0.4) is 0 Å². The molecule has 4 saturated heterocycles. The highest BCUT2D eigenvalue weighted by atomic mass is 16.2. The number of nitrogens with one attached hydrogen (secondary N) is 6. The number of likely N-dealkylation sites (tertiary alicyclic amines) is 2. The molecule has 20 heteroatoms. The Morgan fingerprint density at radius 2 is 1.14 bits per heavy atom. The number of nitrogens with zero attached hydrogens (tertiary/aromatic N) is 2. The van der Waals surface area contributed by atoms with Crippen LogP contribution in [0.2, 0.25) is 0 Å². The van der Waals surface area contributed by atoms with E-state index in [1.54, 1.807) is 12.1 Å². The van der Waals surface area contributed by atoms with Crippen molar-refractivity contribution in [1.82, 2.24) is 36.4 Å². The molecule has 10 amide bonds. The van der Waals surface area contributed by atoms with Crippen LogP contribution in [0.5, 0.6) is 0 Å². The highest BCUT2D eigenvalue weighted by molar-refractivity contribution is 6.01. The molecule has 66 heavy (non-hydrogen) atoms. The lowest BCUT2D eigenvalue weighted by Crippen LogP contribution is -2.56. The van der Waals surface area contributed by atoms with Crippen molar-refractivity contribution in [2.24, 2.45) is 11.5 Å². The molecule has 0 spiro atoms. The molecule has 0 saturated carbocycles. The quantitative estimate of drug-likeness (QED) is 0.0981. The van der Waals surface area contributed by atoms with Gasteiger partial charge in [-0.1, -0.05) is 60.2 Å². The topological polar surface area (TPSA) is 301 Å². The molecule has 4 fully saturated rings. The smallest absolute Gasteiger partial charge is 0.247 e. The van der Waals surface area contributed by atoms with Gasteiger partial charge in [-0.2, -0.15) is 0 Å². The summed E-state index contributed by atoms with van der Waals surface area (Å²) in [6, 6.07) is 15.7. The minimum atomic E-state index is -1.20.